The maximum absolute atomic E-state index is 13.7. The predicted octanol–water partition coefficient (Wildman–Crippen LogP) is 4.19. The summed E-state index contributed by atoms with van der Waals surface area (Å²) in [6.07, 6.45) is 3.38. The fourth-order valence-electron chi connectivity index (χ4n) is 2.88. The molecule has 1 N–H and O–H groups in total. The largest absolute Gasteiger partial charge is 0.307 e. The summed E-state index contributed by atoms with van der Waals surface area (Å²) in [5.74, 6) is -1.50. The van der Waals surface area contributed by atoms with Crippen LogP contribution in [0.1, 0.15) is 51.6 Å². The molecule has 0 aromatic heterocycles. The molecule has 1 aromatic carbocycles. The first-order chi connectivity index (χ1) is 8.39. The van der Waals surface area contributed by atoms with Gasteiger partial charge >= 0.3 is 0 Å². The van der Waals surface area contributed by atoms with E-state index in [9.17, 15) is 8.78 Å². The molecule has 1 saturated carbocycles. The average molecular weight is 253 g/mol. The highest BCUT2D eigenvalue weighted by Crippen LogP contribution is 2.37. The second-order valence-electron chi connectivity index (χ2n) is 6.14. The molecule has 1 aliphatic carbocycles. The van der Waals surface area contributed by atoms with Crippen molar-refractivity contribution in [2.75, 3.05) is 0 Å². The highest BCUT2D eigenvalue weighted by Gasteiger charge is 2.31. The van der Waals surface area contributed by atoms with E-state index in [0.29, 0.717) is 17.0 Å². The summed E-state index contributed by atoms with van der Waals surface area (Å²) < 4.78 is 26.8. The molecule has 3 heteroatoms. The molecule has 2 unspecified atom stereocenters. The van der Waals surface area contributed by atoms with Gasteiger partial charge in [-0.3, -0.25) is 0 Å². The number of hydrogen-bond acceptors (Lipinski definition) is 1. The lowest BCUT2D eigenvalue weighted by molar-refractivity contribution is 0.353. The second kappa shape index (κ2) is 4.96. The van der Waals surface area contributed by atoms with E-state index in [1.54, 1.807) is 12.1 Å². The van der Waals surface area contributed by atoms with Gasteiger partial charge in [-0.15, -0.1) is 0 Å². The molecule has 0 radical (unpaired) electrons. The molecule has 0 spiro atoms. The minimum absolute atomic E-state index is 0.153. The summed E-state index contributed by atoms with van der Waals surface area (Å²) in [7, 11) is 0. The molecule has 1 nitrogen and oxygen atoms in total. The normalized spacial score (nSPS) is 24.2. The van der Waals surface area contributed by atoms with Crippen LogP contribution in [-0.2, 0) is 0 Å². The third-order valence-corrected chi connectivity index (χ3v) is 3.90. The van der Waals surface area contributed by atoms with Gasteiger partial charge < -0.3 is 5.32 Å². The SMILES string of the molecule is CC(NC1CCC(C)(C)C1)c1cccc(F)c1F. The topological polar surface area (TPSA) is 12.0 Å². The van der Waals surface area contributed by atoms with Gasteiger partial charge in [0.05, 0.1) is 0 Å². The van der Waals surface area contributed by atoms with Crippen LogP contribution in [0.25, 0.3) is 0 Å². The Morgan fingerprint density at radius 2 is 2.06 bits per heavy atom. The zero-order valence-electron chi connectivity index (χ0n) is 11.3. The van der Waals surface area contributed by atoms with Gasteiger partial charge in [0, 0.05) is 17.6 Å². The van der Waals surface area contributed by atoms with E-state index in [1.165, 1.54) is 6.42 Å². The first kappa shape index (κ1) is 13.5. The zero-order chi connectivity index (χ0) is 13.3. The Morgan fingerprint density at radius 3 is 2.67 bits per heavy atom. The monoisotopic (exact) mass is 253 g/mol. The highest BCUT2D eigenvalue weighted by molar-refractivity contribution is 5.22. The van der Waals surface area contributed by atoms with Crippen LogP contribution >= 0.6 is 0 Å². The molecule has 18 heavy (non-hydrogen) atoms. The van der Waals surface area contributed by atoms with E-state index < -0.39 is 11.6 Å². The Kier molecular flexibility index (Phi) is 3.71. The smallest absolute Gasteiger partial charge is 0.163 e. The fourth-order valence-corrected chi connectivity index (χ4v) is 2.88. The molecule has 1 aliphatic rings. The zero-order valence-corrected chi connectivity index (χ0v) is 11.3. The van der Waals surface area contributed by atoms with Crippen LogP contribution in [0.3, 0.4) is 0 Å². The number of rotatable bonds is 3. The number of halogens is 2. The van der Waals surface area contributed by atoms with Gasteiger partial charge in [-0.05, 0) is 37.7 Å². The molecule has 2 atom stereocenters. The van der Waals surface area contributed by atoms with Crippen molar-refractivity contribution < 1.29 is 8.78 Å². The maximum atomic E-state index is 13.7. The van der Waals surface area contributed by atoms with Crippen molar-refractivity contribution >= 4 is 0 Å². The molecule has 0 heterocycles. The van der Waals surface area contributed by atoms with Crippen LogP contribution in [0.4, 0.5) is 8.78 Å². The molecule has 2 rings (SSSR count). The van der Waals surface area contributed by atoms with Crippen molar-refractivity contribution in [3.05, 3.63) is 35.4 Å². The summed E-state index contributed by atoms with van der Waals surface area (Å²) in [6.45, 7) is 6.40. The van der Waals surface area contributed by atoms with Crippen LogP contribution in [-0.4, -0.2) is 6.04 Å². The van der Waals surface area contributed by atoms with Gasteiger partial charge in [0.2, 0.25) is 0 Å². The third-order valence-electron chi connectivity index (χ3n) is 3.90. The average Bonchev–Trinajstić information content (AvgIpc) is 2.62. The van der Waals surface area contributed by atoms with Gasteiger partial charge in [-0.2, -0.15) is 0 Å². The first-order valence-corrected chi connectivity index (χ1v) is 6.59. The summed E-state index contributed by atoms with van der Waals surface area (Å²) in [4.78, 5) is 0. The lowest BCUT2D eigenvalue weighted by Crippen LogP contribution is -2.30. The Balaban J connectivity index is 2.04. The van der Waals surface area contributed by atoms with Gasteiger partial charge in [-0.25, -0.2) is 8.78 Å². The summed E-state index contributed by atoms with van der Waals surface area (Å²) in [6, 6.07) is 4.61. The Labute approximate surface area is 108 Å². The van der Waals surface area contributed by atoms with Crippen molar-refractivity contribution in [1.29, 1.82) is 0 Å². The molecular formula is C15H21F2N. The van der Waals surface area contributed by atoms with Gasteiger partial charge in [0.1, 0.15) is 0 Å². The van der Waals surface area contributed by atoms with Crippen LogP contribution in [0.5, 0.6) is 0 Å². The molecule has 0 aliphatic heterocycles. The molecule has 0 saturated heterocycles. The predicted molar refractivity (Wildman–Crippen MR) is 69.3 cm³/mol. The van der Waals surface area contributed by atoms with E-state index in [4.69, 9.17) is 0 Å². The molecule has 0 bridgehead atoms. The van der Waals surface area contributed by atoms with Crippen molar-refractivity contribution in [3.8, 4) is 0 Å². The Morgan fingerprint density at radius 1 is 1.33 bits per heavy atom. The quantitative estimate of drug-likeness (QED) is 0.851. The van der Waals surface area contributed by atoms with Crippen LogP contribution in [0.15, 0.2) is 18.2 Å². The summed E-state index contributed by atoms with van der Waals surface area (Å²) in [5.41, 5.74) is 0.775. The Hall–Kier alpha value is -0.960. The van der Waals surface area contributed by atoms with Gasteiger partial charge in [0.25, 0.3) is 0 Å². The van der Waals surface area contributed by atoms with Crippen LogP contribution < -0.4 is 5.32 Å². The first-order valence-electron chi connectivity index (χ1n) is 6.59. The molecule has 0 amide bonds. The van der Waals surface area contributed by atoms with Crippen LogP contribution in [0, 0.1) is 17.0 Å². The number of benzene rings is 1. The molecule has 1 aromatic rings. The minimum atomic E-state index is -0.770. The summed E-state index contributed by atoms with van der Waals surface area (Å²) in [5, 5.41) is 3.41. The van der Waals surface area contributed by atoms with Crippen molar-refractivity contribution in [2.24, 2.45) is 5.41 Å². The highest BCUT2D eigenvalue weighted by atomic mass is 19.2. The number of hydrogen-bond donors (Lipinski definition) is 1. The van der Waals surface area contributed by atoms with Crippen molar-refractivity contribution in [3.63, 3.8) is 0 Å². The fraction of sp³-hybridized carbons (Fsp3) is 0.600. The van der Waals surface area contributed by atoms with Gasteiger partial charge in [-0.1, -0.05) is 26.0 Å². The molecular weight excluding hydrogens is 232 g/mol. The Bertz CT molecular complexity index is 429. The van der Waals surface area contributed by atoms with E-state index in [-0.39, 0.29) is 6.04 Å². The van der Waals surface area contributed by atoms with E-state index >= 15 is 0 Å². The van der Waals surface area contributed by atoms with Crippen LogP contribution in [0.2, 0.25) is 0 Å². The summed E-state index contributed by atoms with van der Waals surface area (Å²) >= 11 is 0. The molecule has 1 fully saturated rings. The standard InChI is InChI=1S/C15H21F2N/c1-10(12-5-4-6-13(16)14(12)17)18-11-7-8-15(2,3)9-11/h4-6,10-11,18H,7-9H2,1-3H3. The third kappa shape index (κ3) is 2.89. The van der Waals surface area contributed by atoms with Gasteiger partial charge in [0.15, 0.2) is 11.6 Å². The van der Waals surface area contributed by atoms with Crippen molar-refractivity contribution in [1.82, 2.24) is 5.32 Å². The minimum Gasteiger partial charge on any atom is -0.307 e. The lowest BCUT2D eigenvalue weighted by Gasteiger charge is -2.22. The second-order valence-corrected chi connectivity index (χ2v) is 6.14. The lowest BCUT2D eigenvalue weighted by atomic mass is 9.91. The van der Waals surface area contributed by atoms with E-state index in [1.807, 2.05) is 6.92 Å². The van der Waals surface area contributed by atoms with Crippen molar-refractivity contribution in [2.45, 2.75) is 52.1 Å². The van der Waals surface area contributed by atoms with E-state index in [0.717, 1.165) is 18.9 Å². The number of nitrogens with one attached hydrogen (secondary N) is 1. The van der Waals surface area contributed by atoms with E-state index in [2.05, 4.69) is 19.2 Å². The maximum Gasteiger partial charge on any atom is 0.163 e. The molecule has 100 valence electrons.